The number of thiophene rings is 1. The van der Waals surface area contributed by atoms with E-state index in [-0.39, 0.29) is 5.41 Å². The molecule has 1 N–H and O–H groups in total. The highest BCUT2D eigenvalue weighted by molar-refractivity contribution is 7.12. The van der Waals surface area contributed by atoms with Crippen molar-refractivity contribution < 1.29 is 14.6 Å². The van der Waals surface area contributed by atoms with Crippen LogP contribution in [0.2, 0.25) is 0 Å². The fourth-order valence-corrected chi connectivity index (χ4v) is 6.57. The van der Waals surface area contributed by atoms with Crippen LogP contribution in [0.25, 0.3) is 0 Å². The average Bonchev–Trinajstić information content (AvgIpc) is 3.05. The molecule has 1 saturated carbocycles. The van der Waals surface area contributed by atoms with Crippen LogP contribution in [-0.4, -0.2) is 17.7 Å². The molecule has 0 aliphatic heterocycles. The van der Waals surface area contributed by atoms with Gasteiger partial charge in [-0.25, -0.2) is 4.79 Å². The summed E-state index contributed by atoms with van der Waals surface area (Å²) >= 11 is 1.79. The molecule has 2 aromatic rings. The van der Waals surface area contributed by atoms with Gasteiger partial charge in [-0.15, -0.1) is 11.3 Å². The second kappa shape index (κ2) is 8.14. The van der Waals surface area contributed by atoms with Crippen LogP contribution in [0.15, 0.2) is 24.3 Å². The topological polar surface area (TPSA) is 46.5 Å². The number of carboxylic acid groups (broad SMARTS) is 1. The van der Waals surface area contributed by atoms with Crippen LogP contribution >= 0.6 is 11.3 Å². The molecule has 2 aliphatic carbocycles. The number of aryl methyl sites for hydroxylation is 2. The van der Waals surface area contributed by atoms with Crippen molar-refractivity contribution in [2.75, 3.05) is 6.61 Å². The molecule has 0 radical (unpaired) electrons. The van der Waals surface area contributed by atoms with E-state index in [0.29, 0.717) is 24.0 Å². The van der Waals surface area contributed by atoms with Crippen LogP contribution in [-0.2, 0) is 12.8 Å². The van der Waals surface area contributed by atoms with Gasteiger partial charge >= 0.3 is 5.97 Å². The van der Waals surface area contributed by atoms with Gasteiger partial charge in [-0.1, -0.05) is 44.4 Å². The summed E-state index contributed by atoms with van der Waals surface area (Å²) in [5, 5.41) is 10.1. The van der Waals surface area contributed by atoms with Crippen LogP contribution < -0.4 is 4.74 Å². The zero-order valence-electron chi connectivity index (χ0n) is 17.8. The van der Waals surface area contributed by atoms with Crippen molar-refractivity contribution in [3.8, 4) is 5.75 Å². The summed E-state index contributed by atoms with van der Waals surface area (Å²) in [7, 11) is 0. The van der Waals surface area contributed by atoms with Crippen LogP contribution in [0, 0.1) is 18.3 Å². The Morgan fingerprint density at radius 2 is 1.93 bits per heavy atom. The van der Waals surface area contributed by atoms with Crippen molar-refractivity contribution in [1.29, 1.82) is 0 Å². The fraction of sp³-hybridized carbons (Fsp3) is 0.560. The Hall–Kier alpha value is -1.81. The minimum absolute atomic E-state index is 0.191. The predicted octanol–water partition coefficient (Wildman–Crippen LogP) is 6.62. The lowest BCUT2D eigenvalue weighted by atomic mass is 9.74. The first kappa shape index (κ1) is 20.5. The highest BCUT2D eigenvalue weighted by atomic mass is 32.1. The molecule has 0 saturated heterocycles. The Morgan fingerprint density at radius 1 is 1.21 bits per heavy atom. The number of rotatable bonds is 5. The zero-order chi connectivity index (χ0) is 20.6. The quantitative estimate of drug-likeness (QED) is 0.600. The van der Waals surface area contributed by atoms with E-state index in [1.165, 1.54) is 23.3 Å². The molecule has 0 spiro atoms. The summed E-state index contributed by atoms with van der Waals surface area (Å²) in [5.41, 5.74) is 3.17. The first-order valence-electron chi connectivity index (χ1n) is 10.9. The third kappa shape index (κ3) is 4.37. The van der Waals surface area contributed by atoms with E-state index in [1.807, 2.05) is 12.1 Å². The minimum atomic E-state index is -0.737. The van der Waals surface area contributed by atoms with Crippen molar-refractivity contribution in [2.24, 2.45) is 11.3 Å². The third-order valence-corrected chi connectivity index (χ3v) is 8.17. The van der Waals surface area contributed by atoms with Crippen LogP contribution in [0.4, 0.5) is 0 Å². The van der Waals surface area contributed by atoms with E-state index >= 15 is 0 Å². The van der Waals surface area contributed by atoms with Crippen molar-refractivity contribution in [2.45, 2.75) is 71.6 Å². The lowest BCUT2D eigenvalue weighted by molar-refractivity contribution is 0.0692. The maximum absolute atomic E-state index is 12.3. The summed E-state index contributed by atoms with van der Waals surface area (Å²) in [5.74, 6) is 0.861. The molecular formula is C25H32O3S. The van der Waals surface area contributed by atoms with Crippen LogP contribution in [0.3, 0.4) is 0 Å². The molecule has 2 unspecified atom stereocenters. The Kier molecular flexibility index (Phi) is 5.74. The highest BCUT2D eigenvalue weighted by Gasteiger charge is 2.37. The number of hydrogen-bond donors (Lipinski definition) is 1. The second-order valence-corrected chi connectivity index (χ2v) is 10.8. The maximum Gasteiger partial charge on any atom is 0.337 e. The predicted molar refractivity (Wildman–Crippen MR) is 118 cm³/mol. The molecule has 0 bridgehead atoms. The molecule has 4 rings (SSSR count). The smallest absolute Gasteiger partial charge is 0.337 e. The van der Waals surface area contributed by atoms with Gasteiger partial charge in [0.25, 0.3) is 0 Å². The number of benzene rings is 1. The summed E-state index contributed by atoms with van der Waals surface area (Å²) in [6.07, 6.45) is 7.62. The molecule has 1 aromatic carbocycles. The molecule has 0 amide bonds. The minimum Gasteiger partial charge on any atom is -0.493 e. The van der Waals surface area contributed by atoms with Gasteiger partial charge in [0.05, 0.1) is 12.2 Å². The van der Waals surface area contributed by atoms with Crippen molar-refractivity contribution in [3.05, 3.63) is 50.7 Å². The molecule has 3 nitrogen and oxygen atoms in total. The first-order chi connectivity index (χ1) is 13.8. The Bertz CT molecular complexity index is 878. The zero-order valence-corrected chi connectivity index (χ0v) is 18.6. The number of aromatic carboxylic acids is 1. The normalized spacial score (nSPS) is 23.4. The van der Waals surface area contributed by atoms with Crippen LogP contribution in [0.5, 0.6) is 5.75 Å². The lowest BCUT2D eigenvalue weighted by Gasteiger charge is -2.31. The highest BCUT2D eigenvalue weighted by Crippen LogP contribution is 2.48. The van der Waals surface area contributed by atoms with Gasteiger partial charge in [0.1, 0.15) is 5.75 Å². The SMILES string of the molecule is Cc1ccc(OCC2CCCCC2c2sc3c(c2C(=O)O)CC(C)(C)CC3)cc1. The Labute approximate surface area is 178 Å². The lowest BCUT2D eigenvalue weighted by Crippen LogP contribution is -2.25. The molecule has 1 aromatic heterocycles. The third-order valence-electron chi connectivity index (χ3n) is 6.75. The van der Waals surface area contributed by atoms with E-state index in [1.54, 1.807) is 11.3 Å². The molecule has 156 valence electrons. The van der Waals surface area contributed by atoms with E-state index in [4.69, 9.17) is 4.74 Å². The molecule has 4 heteroatoms. The van der Waals surface area contributed by atoms with Gasteiger partial charge in [-0.3, -0.25) is 0 Å². The van der Waals surface area contributed by atoms with Gasteiger partial charge in [0, 0.05) is 21.6 Å². The first-order valence-corrected chi connectivity index (χ1v) is 11.7. The molecule has 2 atom stereocenters. The van der Waals surface area contributed by atoms with E-state index in [9.17, 15) is 9.90 Å². The molecule has 29 heavy (non-hydrogen) atoms. The standard InChI is InChI=1S/C25H32O3S/c1-16-8-10-18(11-9-16)28-15-17-6-4-5-7-19(17)23-22(24(26)27)20-14-25(2,3)13-12-21(20)29-23/h8-11,17,19H,4-7,12-15H2,1-3H3,(H,26,27). The molecule has 2 aliphatic rings. The molecule has 1 fully saturated rings. The van der Waals surface area contributed by atoms with E-state index in [0.717, 1.165) is 48.3 Å². The number of carbonyl (C=O) groups is 1. The van der Waals surface area contributed by atoms with Gasteiger partial charge in [-0.2, -0.15) is 0 Å². The van der Waals surface area contributed by atoms with E-state index in [2.05, 4.69) is 32.9 Å². The average molecular weight is 413 g/mol. The van der Waals surface area contributed by atoms with E-state index < -0.39 is 5.97 Å². The monoisotopic (exact) mass is 412 g/mol. The molecule has 1 heterocycles. The number of fused-ring (bicyclic) bond motifs is 1. The van der Waals surface area contributed by atoms with Crippen molar-refractivity contribution in [1.82, 2.24) is 0 Å². The van der Waals surface area contributed by atoms with Gasteiger partial charge in [-0.05, 0) is 62.1 Å². The van der Waals surface area contributed by atoms with Crippen molar-refractivity contribution >= 4 is 17.3 Å². The summed E-state index contributed by atoms with van der Waals surface area (Å²) in [6.45, 7) is 7.27. The number of ether oxygens (including phenoxy) is 1. The number of hydrogen-bond acceptors (Lipinski definition) is 3. The fourth-order valence-electron chi connectivity index (χ4n) is 5.03. The Balaban J connectivity index is 1.60. The van der Waals surface area contributed by atoms with Gasteiger partial charge in [0.15, 0.2) is 0 Å². The largest absolute Gasteiger partial charge is 0.493 e. The van der Waals surface area contributed by atoms with Crippen LogP contribution in [0.1, 0.15) is 83.1 Å². The summed E-state index contributed by atoms with van der Waals surface area (Å²) in [4.78, 5) is 14.7. The van der Waals surface area contributed by atoms with Crippen molar-refractivity contribution in [3.63, 3.8) is 0 Å². The van der Waals surface area contributed by atoms with Gasteiger partial charge in [0.2, 0.25) is 0 Å². The van der Waals surface area contributed by atoms with Gasteiger partial charge < -0.3 is 9.84 Å². The Morgan fingerprint density at radius 3 is 2.66 bits per heavy atom. The maximum atomic E-state index is 12.3. The summed E-state index contributed by atoms with van der Waals surface area (Å²) < 4.78 is 6.14. The number of carboxylic acids is 1. The summed E-state index contributed by atoms with van der Waals surface area (Å²) in [6, 6.07) is 8.21. The second-order valence-electron chi connectivity index (χ2n) is 9.66. The molecular weight excluding hydrogens is 380 g/mol.